The van der Waals surface area contributed by atoms with Gasteiger partial charge in [-0.25, -0.2) is 9.37 Å². The number of carbonyl (C=O) groups excluding carboxylic acids is 1. The van der Waals surface area contributed by atoms with E-state index in [1.807, 2.05) is 0 Å². The maximum Gasteiger partial charge on any atom is 0.257 e. The van der Waals surface area contributed by atoms with Crippen LogP contribution in [0.25, 0.3) is 0 Å². The number of ether oxygens (including phenoxy) is 1. The molecule has 4 rings (SSSR count). The van der Waals surface area contributed by atoms with Gasteiger partial charge in [-0.3, -0.25) is 9.78 Å². The minimum absolute atomic E-state index is 0.0350. The summed E-state index contributed by atoms with van der Waals surface area (Å²) in [5, 5.41) is 3.13. The molecule has 0 spiro atoms. The Bertz CT molecular complexity index is 994. The highest BCUT2D eigenvalue weighted by atomic mass is 35.5. The molecule has 0 radical (unpaired) electrons. The SMILES string of the molecule is O=C(NC1CC(c2ccc(F)c(Cl)c2)C1)c1cccnc1Oc1cccnc1. The fourth-order valence-electron chi connectivity index (χ4n) is 3.20. The van der Waals surface area contributed by atoms with Crippen molar-refractivity contribution in [1.82, 2.24) is 15.3 Å². The van der Waals surface area contributed by atoms with E-state index in [0.717, 1.165) is 18.4 Å². The van der Waals surface area contributed by atoms with Gasteiger partial charge >= 0.3 is 0 Å². The number of hydrogen-bond donors (Lipinski definition) is 1. The van der Waals surface area contributed by atoms with Crippen LogP contribution in [-0.2, 0) is 0 Å². The lowest BCUT2D eigenvalue weighted by molar-refractivity contribution is 0.0906. The quantitative estimate of drug-likeness (QED) is 0.675. The van der Waals surface area contributed by atoms with Gasteiger partial charge in [-0.15, -0.1) is 0 Å². The normalized spacial score (nSPS) is 18.2. The molecule has 1 aliphatic carbocycles. The van der Waals surface area contributed by atoms with E-state index in [0.29, 0.717) is 11.3 Å². The summed E-state index contributed by atoms with van der Waals surface area (Å²) in [5.41, 5.74) is 1.35. The van der Waals surface area contributed by atoms with Crippen LogP contribution in [0, 0.1) is 5.82 Å². The van der Waals surface area contributed by atoms with E-state index in [9.17, 15) is 9.18 Å². The second-order valence-electron chi connectivity index (χ2n) is 6.66. The van der Waals surface area contributed by atoms with Crippen molar-refractivity contribution in [3.05, 3.63) is 83.0 Å². The zero-order valence-electron chi connectivity index (χ0n) is 14.8. The van der Waals surface area contributed by atoms with E-state index in [4.69, 9.17) is 16.3 Å². The Morgan fingerprint density at radius 2 is 2.00 bits per heavy atom. The molecular formula is C21H17ClFN3O2. The van der Waals surface area contributed by atoms with Gasteiger partial charge in [-0.2, -0.15) is 0 Å². The Labute approximate surface area is 166 Å². The molecule has 28 heavy (non-hydrogen) atoms. The van der Waals surface area contributed by atoms with E-state index in [1.165, 1.54) is 6.07 Å². The molecule has 1 fully saturated rings. The molecule has 0 unspecified atom stereocenters. The predicted octanol–water partition coefficient (Wildman–Crippen LogP) is 4.74. The van der Waals surface area contributed by atoms with Crippen LogP contribution in [0.2, 0.25) is 5.02 Å². The summed E-state index contributed by atoms with van der Waals surface area (Å²) in [4.78, 5) is 20.8. The van der Waals surface area contributed by atoms with Gasteiger partial charge in [-0.1, -0.05) is 17.7 Å². The Kier molecular flexibility index (Phi) is 5.21. The van der Waals surface area contributed by atoms with Crippen molar-refractivity contribution in [3.63, 3.8) is 0 Å². The van der Waals surface area contributed by atoms with Crippen LogP contribution in [0.1, 0.15) is 34.7 Å². The first-order valence-corrected chi connectivity index (χ1v) is 9.26. The number of nitrogens with zero attached hydrogens (tertiary/aromatic N) is 2. The predicted molar refractivity (Wildman–Crippen MR) is 103 cm³/mol. The van der Waals surface area contributed by atoms with Crippen molar-refractivity contribution in [1.29, 1.82) is 0 Å². The summed E-state index contributed by atoms with van der Waals surface area (Å²) in [6.07, 6.45) is 6.31. The number of aromatic nitrogens is 2. The molecule has 2 heterocycles. The fourth-order valence-corrected chi connectivity index (χ4v) is 3.39. The van der Waals surface area contributed by atoms with Crippen LogP contribution in [0.3, 0.4) is 0 Å². The number of hydrogen-bond acceptors (Lipinski definition) is 4. The van der Waals surface area contributed by atoms with E-state index < -0.39 is 5.82 Å². The van der Waals surface area contributed by atoms with E-state index in [1.54, 1.807) is 55.0 Å². The third-order valence-electron chi connectivity index (χ3n) is 4.75. The highest BCUT2D eigenvalue weighted by molar-refractivity contribution is 6.30. The molecule has 1 aliphatic rings. The van der Waals surface area contributed by atoms with Crippen molar-refractivity contribution in [2.24, 2.45) is 0 Å². The Hall–Kier alpha value is -2.99. The molecule has 0 aliphatic heterocycles. The molecule has 1 aromatic carbocycles. The number of benzene rings is 1. The van der Waals surface area contributed by atoms with Crippen LogP contribution in [0.5, 0.6) is 11.6 Å². The monoisotopic (exact) mass is 397 g/mol. The third-order valence-corrected chi connectivity index (χ3v) is 5.04. The number of carbonyl (C=O) groups is 1. The average molecular weight is 398 g/mol. The third kappa shape index (κ3) is 3.97. The highest BCUT2D eigenvalue weighted by Gasteiger charge is 2.32. The summed E-state index contributed by atoms with van der Waals surface area (Å²) in [6.45, 7) is 0. The lowest BCUT2D eigenvalue weighted by atomic mass is 9.76. The van der Waals surface area contributed by atoms with Crippen LogP contribution in [0.4, 0.5) is 4.39 Å². The molecule has 0 bridgehead atoms. The zero-order valence-corrected chi connectivity index (χ0v) is 15.6. The van der Waals surface area contributed by atoms with Gasteiger partial charge < -0.3 is 10.1 Å². The number of rotatable bonds is 5. The topological polar surface area (TPSA) is 64.1 Å². The molecular weight excluding hydrogens is 381 g/mol. The van der Waals surface area contributed by atoms with Crippen LogP contribution in [0.15, 0.2) is 61.1 Å². The van der Waals surface area contributed by atoms with Gasteiger partial charge in [-0.05, 0) is 60.7 Å². The maximum atomic E-state index is 13.3. The van der Waals surface area contributed by atoms with Gasteiger partial charge in [0.25, 0.3) is 5.91 Å². The summed E-state index contributed by atoms with van der Waals surface area (Å²) in [6, 6.07) is 11.7. The second-order valence-corrected chi connectivity index (χ2v) is 7.07. The van der Waals surface area contributed by atoms with Gasteiger partial charge in [0.05, 0.1) is 11.2 Å². The van der Waals surface area contributed by atoms with Crippen molar-refractivity contribution >= 4 is 17.5 Å². The highest BCUT2D eigenvalue weighted by Crippen LogP contribution is 2.38. The van der Waals surface area contributed by atoms with Gasteiger partial charge in [0.15, 0.2) is 0 Å². The fraction of sp³-hybridized carbons (Fsp3) is 0.190. The standard InChI is InChI=1S/C21H17ClFN3O2/c22-18-11-13(5-6-19(18)23)14-9-15(10-14)26-20(27)17-4-2-8-25-21(17)28-16-3-1-7-24-12-16/h1-8,11-12,14-15H,9-10H2,(H,26,27). The van der Waals surface area contributed by atoms with E-state index >= 15 is 0 Å². The first kappa shape index (κ1) is 18.4. The first-order valence-electron chi connectivity index (χ1n) is 8.89. The van der Waals surface area contributed by atoms with Crippen LogP contribution >= 0.6 is 11.6 Å². The number of pyridine rings is 2. The van der Waals surface area contributed by atoms with Gasteiger partial charge in [0.1, 0.15) is 17.1 Å². The van der Waals surface area contributed by atoms with Crippen molar-refractivity contribution < 1.29 is 13.9 Å². The van der Waals surface area contributed by atoms with E-state index in [2.05, 4.69) is 15.3 Å². The van der Waals surface area contributed by atoms with Crippen LogP contribution in [-0.4, -0.2) is 21.9 Å². The molecule has 0 saturated heterocycles. The number of nitrogens with one attached hydrogen (secondary N) is 1. The molecule has 142 valence electrons. The zero-order chi connectivity index (χ0) is 19.5. The maximum absolute atomic E-state index is 13.3. The molecule has 0 atom stereocenters. The van der Waals surface area contributed by atoms with Crippen molar-refractivity contribution in [2.45, 2.75) is 24.8 Å². The Morgan fingerprint density at radius 3 is 2.75 bits per heavy atom. The van der Waals surface area contributed by atoms with Crippen LogP contribution < -0.4 is 10.1 Å². The first-order chi connectivity index (χ1) is 13.6. The molecule has 5 nitrogen and oxygen atoms in total. The summed E-state index contributed by atoms with van der Waals surface area (Å²) < 4.78 is 19.0. The largest absolute Gasteiger partial charge is 0.437 e. The van der Waals surface area contributed by atoms with E-state index in [-0.39, 0.29) is 28.8 Å². The Morgan fingerprint density at radius 1 is 1.18 bits per heavy atom. The molecule has 1 amide bonds. The molecule has 7 heteroatoms. The number of amides is 1. The molecule has 1 saturated carbocycles. The minimum Gasteiger partial charge on any atom is -0.437 e. The van der Waals surface area contributed by atoms with Crippen molar-refractivity contribution in [3.8, 4) is 11.6 Å². The average Bonchev–Trinajstić information content (AvgIpc) is 2.68. The smallest absolute Gasteiger partial charge is 0.257 e. The molecule has 2 aromatic heterocycles. The Balaban J connectivity index is 1.39. The molecule has 3 aromatic rings. The van der Waals surface area contributed by atoms with Gasteiger partial charge in [0, 0.05) is 18.4 Å². The summed E-state index contributed by atoms with van der Waals surface area (Å²) in [5.74, 6) is 0.324. The minimum atomic E-state index is -0.424. The lowest BCUT2D eigenvalue weighted by Crippen LogP contribution is -2.43. The summed E-state index contributed by atoms with van der Waals surface area (Å²) in [7, 11) is 0. The number of halogens is 2. The molecule has 1 N–H and O–H groups in total. The lowest BCUT2D eigenvalue weighted by Gasteiger charge is -2.36. The summed E-state index contributed by atoms with van der Waals surface area (Å²) >= 11 is 5.85. The van der Waals surface area contributed by atoms with Crippen molar-refractivity contribution in [2.75, 3.05) is 0 Å². The van der Waals surface area contributed by atoms with Gasteiger partial charge in [0.2, 0.25) is 5.88 Å². The second kappa shape index (κ2) is 7.94.